The molecule has 0 amide bonds. The molecule has 128 valence electrons. The van der Waals surface area contributed by atoms with Crippen LogP contribution in [0.15, 0.2) is 72.8 Å². The van der Waals surface area contributed by atoms with Gasteiger partial charge in [0.15, 0.2) is 11.6 Å². The van der Waals surface area contributed by atoms with Crippen molar-refractivity contribution in [3.05, 3.63) is 90.2 Å². The number of hydrogen-bond acceptors (Lipinski definition) is 2. The molecule has 0 radical (unpaired) electrons. The van der Waals surface area contributed by atoms with E-state index in [9.17, 15) is 13.2 Å². The van der Waals surface area contributed by atoms with Gasteiger partial charge in [0.1, 0.15) is 17.5 Å². The van der Waals surface area contributed by atoms with E-state index >= 15 is 0 Å². The van der Waals surface area contributed by atoms with Crippen LogP contribution < -0.4 is 0 Å². The Balaban J connectivity index is 2.02. The lowest BCUT2D eigenvalue weighted by Crippen LogP contribution is -2.03. The summed E-state index contributed by atoms with van der Waals surface area (Å²) in [6.45, 7) is 0. The van der Waals surface area contributed by atoms with Crippen LogP contribution >= 0.6 is 0 Å². The van der Waals surface area contributed by atoms with E-state index in [2.05, 4.69) is 10.2 Å². The van der Waals surface area contributed by atoms with E-state index in [0.717, 1.165) is 5.56 Å². The minimum atomic E-state index is -1.04. The van der Waals surface area contributed by atoms with Crippen molar-refractivity contribution in [2.24, 2.45) is 0 Å². The first kappa shape index (κ1) is 16.1. The van der Waals surface area contributed by atoms with E-state index in [1.807, 2.05) is 36.4 Å². The van der Waals surface area contributed by atoms with E-state index in [0.29, 0.717) is 23.6 Å². The lowest BCUT2D eigenvalue weighted by Gasteiger charge is -2.12. The minimum Gasteiger partial charge on any atom is -0.275 e. The molecule has 0 fully saturated rings. The second-order valence-corrected chi connectivity index (χ2v) is 5.63. The summed E-state index contributed by atoms with van der Waals surface area (Å²) in [6, 6.07) is 19.4. The summed E-state index contributed by atoms with van der Waals surface area (Å²) < 4.78 is 43.5. The van der Waals surface area contributed by atoms with E-state index < -0.39 is 23.0 Å². The number of halogens is 3. The molecule has 0 unspecified atom stereocenters. The van der Waals surface area contributed by atoms with Crippen LogP contribution in [0.2, 0.25) is 0 Å². The van der Waals surface area contributed by atoms with Gasteiger partial charge in [-0.2, -0.15) is 0 Å². The summed E-state index contributed by atoms with van der Waals surface area (Å²) in [7, 11) is 0. The highest BCUT2D eigenvalue weighted by molar-refractivity contribution is 5.67. The van der Waals surface area contributed by atoms with E-state index in [-0.39, 0.29) is 5.82 Å². The van der Waals surface area contributed by atoms with Crippen LogP contribution in [-0.4, -0.2) is 14.8 Å². The fourth-order valence-electron chi connectivity index (χ4n) is 2.80. The van der Waals surface area contributed by atoms with Crippen molar-refractivity contribution in [3.63, 3.8) is 0 Å². The maximum atomic E-state index is 14.3. The fourth-order valence-corrected chi connectivity index (χ4v) is 2.80. The summed E-state index contributed by atoms with van der Waals surface area (Å²) >= 11 is 0. The van der Waals surface area contributed by atoms with Crippen LogP contribution in [0.3, 0.4) is 0 Å². The normalized spacial score (nSPS) is 10.9. The van der Waals surface area contributed by atoms with Gasteiger partial charge in [-0.1, -0.05) is 48.5 Å². The Morgan fingerprint density at radius 1 is 0.654 bits per heavy atom. The van der Waals surface area contributed by atoms with Crippen LogP contribution in [-0.2, 0) is 0 Å². The van der Waals surface area contributed by atoms with Crippen LogP contribution in [0.5, 0.6) is 0 Å². The monoisotopic (exact) mass is 351 g/mol. The van der Waals surface area contributed by atoms with Crippen LogP contribution in [0.25, 0.3) is 28.5 Å². The van der Waals surface area contributed by atoms with Crippen molar-refractivity contribution >= 4 is 0 Å². The Bertz CT molecular complexity index is 1040. The van der Waals surface area contributed by atoms with Crippen molar-refractivity contribution in [3.8, 4) is 28.5 Å². The number of benzene rings is 3. The smallest absolute Gasteiger partial charge is 0.174 e. The van der Waals surface area contributed by atoms with E-state index in [1.54, 1.807) is 28.8 Å². The molecule has 0 saturated carbocycles. The average molecular weight is 351 g/mol. The topological polar surface area (TPSA) is 30.7 Å². The van der Waals surface area contributed by atoms with Crippen molar-refractivity contribution in [1.82, 2.24) is 14.8 Å². The molecule has 1 heterocycles. The van der Waals surface area contributed by atoms with Gasteiger partial charge in [-0.05, 0) is 12.1 Å². The van der Waals surface area contributed by atoms with Gasteiger partial charge < -0.3 is 0 Å². The Labute approximate surface area is 147 Å². The Hall–Kier alpha value is -3.41. The maximum Gasteiger partial charge on any atom is 0.174 e. The molecule has 0 aliphatic rings. The lowest BCUT2D eigenvalue weighted by atomic mass is 10.1. The predicted molar refractivity (Wildman–Crippen MR) is 92.1 cm³/mol. The van der Waals surface area contributed by atoms with Crippen LogP contribution in [0.4, 0.5) is 13.2 Å². The standard InChI is InChI=1S/C20H12F3N3/c21-14-11-16(22)18(17(23)12-14)20-25-24-19(13-7-3-1-4-8-13)26(20)15-9-5-2-6-10-15/h1-12H. The lowest BCUT2D eigenvalue weighted by molar-refractivity contribution is 0.546. The predicted octanol–water partition coefficient (Wildman–Crippen LogP) is 5.02. The third-order valence-corrected chi connectivity index (χ3v) is 3.94. The molecule has 3 nitrogen and oxygen atoms in total. The summed E-state index contributed by atoms with van der Waals surface area (Å²) in [6.07, 6.45) is 0. The molecule has 4 rings (SSSR count). The Morgan fingerprint density at radius 3 is 1.81 bits per heavy atom. The van der Waals surface area contributed by atoms with Gasteiger partial charge in [0.05, 0.1) is 5.56 Å². The minimum absolute atomic E-state index is 0.0370. The first-order valence-electron chi connectivity index (χ1n) is 7.86. The molecule has 4 aromatic rings. The third-order valence-electron chi connectivity index (χ3n) is 3.94. The summed E-state index contributed by atoms with van der Waals surface area (Å²) in [5.74, 6) is -2.67. The van der Waals surface area contributed by atoms with Gasteiger partial charge in [-0.15, -0.1) is 10.2 Å². The van der Waals surface area contributed by atoms with Crippen molar-refractivity contribution in [1.29, 1.82) is 0 Å². The number of nitrogens with zero attached hydrogens (tertiary/aromatic N) is 3. The first-order chi connectivity index (χ1) is 12.6. The molecule has 6 heteroatoms. The summed E-state index contributed by atoms with van der Waals surface area (Å²) in [5.41, 5.74) is 0.942. The molecular formula is C20H12F3N3. The van der Waals surface area contributed by atoms with Crippen molar-refractivity contribution < 1.29 is 13.2 Å². The van der Waals surface area contributed by atoms with Crippen molar-refractivity contribution in [2.75, 3.05) is 0 Å². The largest absolute Gasteiger partial charge is 0.275 e. The zero-order valence-electron chi connectivity index (χ0n) is 13.4. The molecule has 0 aliphatic carbocycles. The SMILES string of the molecule is Fc1cc(F)c(-c2nnc(-c3ccccc3)n2-c2ccccc2)c(F)c1. The summed E-state index contributed by atoms with van der Waals surface area (Å²) in [5, 5.41) is 8.13. The molecule has 1 aromatic heterocycles. The quantitative estimate of drug-likeness (QED) is 0.519. The second kappa shape index (κ2) is 6.48. The van der Waals surface area contributed by atoms with Crippen molar-refractivity contribution in [2.45, 2.75) is 0 Å². The average Bonchev–Trinajstić information content (AvgIpc) is 3.07. The van der Waals surface area contributed by atoms with E-state index in [1.165, 1.54) is 0 Å². The zero-order chi connectivity index (χ0) is 18.1. The molecule has 26 heavy (non-hydrogen) atoms. The van der Waals surface area contributed by atoms with Crippen LogP contribution in [0.1, 0.15) is 0 Å². The molecule has 3 aromatic carbocycles. The highest BCUT2D eigenvalue weighted by Gasteiger charge is 2.23. The van der Waals surface area contributed by atoms with Gasteiger partial charge in [0.25, 0.3) is 0 Å². The third kappa shape index (κ3) is 2.75. The van der Waals surface area contributed by atoms with Crippen LogP contribution in [0, 0.1) is 17.5 Å². The second-order valence-electron chi connectivity index (χ2n) is 5.63. The van der Waals surface area contributed by atoms with Gasteiger partial charge in [0, 0.05) is 23.4 Å². The number of rotatable bonds is 3. The summed E-state index contributed by atoms with van der Waals surface area (Å²) in [4.78, 5) is 0. The molecule has 0 saturated heterocycles. The zero-order valence-corrected chi connectivity index (χ0v) is 13.4. The highest BCUT2D eigenvalue weighted by Crippen LogP contribution is 2.31. The molecular weight excluding hydrogens is 339 g/mol. The highest BCUT2D eigenvalue weighted by atomic mass is 19.1. The van der Waals surface area contributed by atoms with Gasteiger partial charge >= 0.3 is 0 Å². The number of para-hydroxylation sites is 1. The molecule has 0 bridgehead atoms. The van der Waals surface area contributed by atoms with Gasteiger partial charge in [-0.25, -0.2) is 13.2 Å². The van der Waals surface area contributed by atoms with Gasteiger partial charge in [-0.3, -0.25) is 4.57 Å². The Morgan fingerprint density at radius 2 is 1.19 bits per heavy atom. The van der Waals surface area contributed by atoms with E-state index in [4.69, 9.17) is 0 Å². The molecule has 0 atom stereocenters. The first-order valence-corrected chi connectivity index (χ1v) is 7.86. The number of aromatic nitrogens is 3. The maximum absolute atomic E-state index is 14.3. The fraction of sp³-hybridized carbons (Fsp3) is 0. The molecule has 0 spiro atoms. The molecule has 0 aliphatic heterocycles. The Kier molecular flexibility index (Phi) is 4.01. The molecule has 0 N–H and O–H groups in total. The number of hydrogen-bond donors (Lipinski definition) is 0. The van der Waals surface area contributed by atoms with Gasteiger partial charge in [0.2, 0.25) is 0 Å².